The first kappa shape index (κ1) is 22.9. The van der Waals surface area contributed by atoms with Crippen molar-refractivity contribution in [1.29, 1.82) is 0 Å². The maximum absolute atomic E-state index is 12.8. The highest BCUT2D eigenvalue weighted by molar-refractivity contribution is 9.10. The summed E-state index contributed by atoms with van der Waals surface area (Å²) in [4.78, 5) is 17.4. The first-order valence-electron chi connectivity index (χ1n) is 9.93. The summed E-state index contributed by atoms with van der Waals surface area (Å²) < 4.78 is 0.907. The van der Waals surface area contributed by atoms with E-state index in [0.29, 0.717) is 26.4 Å². The van der Waals surface area contributed by atoms with Crippen LogP contribution in [-0.4, -0.2) is 17.1 Å². The van der Waals surface area contributed by atoms with Gasteiger partial charge in [-0.3, -0.25) is 10.2 Å². The molecule has 0 saturated carbocycles. The number of nitrogens with zero attached hydrogens (tertiary/aromatic N) is 2. The van der Waals surface area contributed by atoms with E-state index in [1.54, 1.807) is 30.5 Å². The second kappa shape index (κ2) is 11.0. The third-order valence-corrected chi connectivity index (χ3v) is 6.14. The number of halogens is 2. The number of hydrazone groups is 1. The van der Waals surface area contributed by atoms with Crippen LogP contribution in [0.5, 0.6) is 0 Å². The van der Waals surface area contributed by atoms with Crippen molar-refractivity contribution in [2.24, 2.45) is 5.10 Å². The Hall–Kier alpha value is -3.26. The maximum atomic E-state index is 12.8. The van der Waals surface area contributed by atoms with Crippen molar-refractivity contribution in [3.05, 3.63) is 106 Å². The zero-order valence-electron chi connectivity index (χ0n) is 17.2. The van der Waals surface area contributed by atoms with Crippen LogP contribution in [0.1, 0.15) is 15.9 Å². The highest BCUT2D eigenvalue weighted by atomic mass is 79.9. The van der Waals surface area contributed by atoms with Crippen LogP contribution in [0.2, 0.25) is 5.02 Å². The van der Waals surface area contributed by atoms with Crippen LogP contribution in [0.4, 0.5) is 10.1 Å². The maximum Gasteiger partial charge on any atom is 0.256 e. The number of benzene rings is 3. The van der Waals surface area contributed by atoms with E-state index >= 15 is 0 Å². The molecule has 0 atom stereocenters. The number of nitrogens with one attached hydrogen (secondary N) is 2. The van der Waals surface area contributed by atoms with Gasteiger partial charge in [0.15, 0.2) is 0 Å². The monoisotopic (exact) mass is 536 g/mol. The van der Waals surface area contributed by atoms with Crippen molar-refractivity contribution in [1.82, 2.24) is 4.98 Å². The number of hydrogen-bond acceptors (Lipinski definition) is 5. The Bertz CT molecular complexity index is 1290. The second-order valence-electron chi connectivity index (χ2n) is 6.82. The minimum Gasteiger partial charge on any atom is -0.312 e. The van der Waals surface area contributed by atoms with E-state index in [2.05, 4.69) is 36.8 Å². The molecule has 164 valence electrons. The van der Waals surface area contributed by atoms with Gasteiger partial charge in [0.25, 0.3) is 5.91 Å². The predicted octanol–water partition coefficient (Wildman–Crippen LogP) is 7.59. The Balaban J connectivity index is 1.53. The van der Waals surface area contributed by atoms with E-state index in [4.69, 9.17) is 11.6 Å². The second-order valence-corrected chi connectivity index (χ2v) is 9.18. The predicted molar refractivity (Wildman–Crippen MR) is 142 cm³/mol. The molecule has 3 aromatic carbocycles. The van der Waals surface area contributed by atoms with Gasteiger partial charge in [-0.05, 0) is 48.0 Å². The number of hydrogen-bond donors (Lipinski definition) is 2. The molecule has 0 bridgehead atoms. The summed E-state index contributed by atoms with van der Waals surface area (Å²) >= 11 is 10.7. The van der Waals surface area contributed by atoms with E-state index in [1.165, 1.54) is 11.3 Å². The average Bonchev–Trinajstić information content (AvgIpc) is 3.22. The highest BCUT2D eigenvalue weighted by Gasteiger charge is 2.16. The fraction of sp³-hybridized carbons (Fsp3) is 0. The molecule has 0 aliphatic rings. The van der Waals surface area contributed by atoms with E-state index in [0.717, 1.165) is 15.6 Å². The summed E-state index contributed by atoms with van der Waals surface area (Å²) in [5.74, 6) is -0.220. The summed E-state index contributed by atoms with van der Waals surface area (Å²) in [5.41, 5.74) is 6.04. The number of anilines is 2. The molecule has 0 aliphatic heterocycles. The number of carbonyl (C=O) groups is 1. The Labute approximate surface area is 209 Å². The first-order valence-corrected chi connectivity index (χ1v) is 11.9. The third-order valence-electron chi connectivity index (χ3n) is 4.49. The summed E-state index contributed by atoms with van der Waals surface area (Å²) in [6.45, 7) is 0. The van der Waals surface area contributed by atoms with Crippen molar-refractivity contribution in [2.75, 3.05) is 10.7 Å². The number of aromatic nitrogens is 1. The number of allylic oxidation sites excluding steroid dienone is 1. The minimum absolute atomic E-state index is 0.220. The summed E-state index contributed by atoms with van der Waals surface area (Å²) in [6, 6.07) is 24.4. The van der Waals surface area contributed by atoms with Gasteiger partial charge in [0.1, 0.15) is 10.7 Å². The molecule has 0 radical (unpaired) electrons. The molecule has 1 aromatic heterocycles. The summed E-state index contributed by atoms with van der Waals surface area (Å²) in [5, 5.41) is 8.97. The van der Waals surface area contributed by atoms with Gasteiger partial charge >= 0.3 is 0 Å². The molecule has 4 rings (SSSR count). The Morgan fingerprint density at radius 1 is 1.00 bits per heavy atom. The zero-order chi connectivity index (χ0) is 23.0. The van der Waals surface area contributed by atoms with Crippen molar-refractivity contribution in [2.45, 2.75) is 0 Å². The molecule has 4 aromatic rings. The van der Waals surface area contributed by atoms with E-state index in [9.17, 15) is 4.79 Å². The van der Waals surface area contributed by atoms with Crippen molar-refractivity contribution < 1.29 is 4.79 Å². The van der Waals surface area contributed by atoms with Crippen LogP contribution < -0.4 is 10.7 Å². The lowest BCUT2D eigenvalue weighted by atomic mass is 10.1. The molecule has 8 heteroatoms. The molecule has 2 N–H and O–H groups in total. The molecule has 5 nitrogen and oxygen atoms in total. The van der Waals surface area contributed by atoms with E-state index in [-0.39, 0.29) is 5.91 Å². The molecule has 0 aliphatic carbocycles. The number of rotatable bonds is 7. The third kappa shape index (κ3) is 6.38. The SMILES string of the molecule is O=C(Nc1sc(NN=CC=Cc2ccccc2)nc1-c1ccc(Cl)cc1)c1ccc(Br)cc1. The molecule has 0 saturated heterocycles. The number of carbonyl (C=O) groups excluding carboxylic acids is 1. The molecule has 0 spiro atoms. The van der Waals surface area contributed by atoms with Gasteiger partial charge in [0.2, 0.25) is 5.13 Å². The van der Waals surface area contributed by atoms with Gasteiger partial charge in [-0.2, -0.15) is 5.10 Å². The van der Waals surface area contributed by atoms with Crippen molar-refractivity contribution in [3.63, 3.8) is 0 Å². The Morgan fingerprint density at radius 2 is 1.73 bits per heavy atom. The zero-order valence-corrected chi connectivity index (χ0v) is 20.4. The van der Waals surface area contributed by atoms with E-state index in [1.807, 2.05) is 66.7 Å². The minimum atomic E-state index is -0.220. The van der Waals surface area contributed by atoms with Crippen LogP contribution >= 0.6 is 38.9 Å². The molecular weight excluding hydrogens is 520 g/mol. The topological polar surface area (TPSA) is 66.4 Å². The average molecular weight is 538 g/mol. The molecule has 33 heavy (non-hydrogen) atoms. The first-order chi connectivity index (χ1) is 16.1. The van der Waals surface area contributed by atoms with Gasteiger partial charge in [-0.15, -0.1) is 0 Å². The molecule has 0 fully saturated rings. The molecule has 0 unspecified atom stereocenters. The standard InChI is InChI=1S/C25H18BrClN4OS/c26-20-12-8-19(9-13-20)23(32)30-24-22(18-10-14-21(27)15-11-18)29-25(33-24)31-28-16-4-7-17-5-2-1-3-6-17/h1-16H,(H,29,31)(H,30,32). The van der Waals surface area contributed by atoms with Crippen LogP contribution in [0.15, 0.2) is 94.5 Å². The highest BCUT2D eigenvalue weighted by Crippen LogP contribution is 2.36. The van der Waals surface area contributed by atoms with Gasteiger partial charge in [-0.25, -0.2) is 4.98 Å². The lowest BCUT2D eigenvalue weighted by Gasteiger charge is -2.06. The summed E-state index contributed by atoms with van der Waals surface area (Å²) in [6.07, 6.45) is 5.44. The van der Waals surface area contributed by atoms with Gasteiger partial charge in [-0.1, -0.05) is 87.4 Å². The normalized spacial score (nSPS) is 11.2. The van der Waals surface area contributed by atoms with E-state index < -0.39 is 0 Å². The van der Waals surface area contributed by atoms with Crippen LogP contribution in [0.25, 0.3) is 17.3 Å². The number of thiazole rings is 1. The van der Waals surface area contributed by atoms with Gasteiger partial charge in [0, 0.05) is 26.8 Å². The van der Waals surface area contributed by atoms with Crippen molar-refractivity contribution >= 4 is 67.2 Å². The lowest BCUT2D eigenvalue weighted by Crippen LogP contribution is -2.11. The van der Waals surface area contributed by atoms with Crippen LogP contribution in [0, 0.1) is 0 Å². The quantitative estimate of drug-likeness (QED) is 0.188. The smallest absolute Gasteiger partial charge is 0.256 e. The number of amides is 1. The molecule has 1 heterocycles. The Morgan fingerprint density at radius 3 is 2.45 bits per heavy atom. The van der Waals surface area contributed by atoms with Crippen LogP contribution in [-0.2, 0) is 0 Å². The largest absolute Gasteiger partial charge is 0.312 e. The van der Waals surface area contributed by atoms with Crippen LogP contribution in [0.3, 0.4) is 0 Å². The molecular formula is C25H18BrClN4OS. The lowest BCUT2D eigenvalue weighted by molar-refractivity contribution is 0.102. The van der Waals surface area contributed by atoms with Gasteiger partial charge < -0.3 is 5.32 Å². The van der Waals surface area contributed by atoms with Crippen molar-refractivity contribution in [3.8, 4) is 11.3 Å². The fourth-order valence-corrected chi connectivity index (χ4v) is 4.11. The summed E-state index contributed by atoms with van der Waals surface area (Å²) in [7, 11) is 0. The Kier molecular flexibility index (Phi) is 7.67. The fourth-order valence-electron chi connectivity index (χ4n) is 2.89. The molecule has 1 amide bonds. The van der Waals surface area contributed by atoms with Gasteiger partial charge in [0.05, 0.1) is 0 Å².